The van der Waals surface area contributed by atoms with Crippen molar-refractivity contribution in [1.82, 2.24) is 29.9 Å². The van der Waals surface area contributed by atoms with Gasteiger partial charge in [0.1, 0.15) is 18.0 Å². The molecule has 0 saturated carbocycles. The van der Waals surface area contributed by atoms with Crippen molar-refractivity contribution >= 4 is 16.5 Å². The van der Waals surface area contributed by atoms with Crippen molar-refractivity contribution in [2.24, 2.45) is 7.05 Å². The lowest BCUT2D eigenvalue weighted by Crippen LogP contribution is -2.30. The van der Waals surface area contributed by atoms with Crippen LogP contribution in [-0.2, 0) is 13.6 Å². The lowest BCUT2D eigenvalue weighted by Gasteiger charge is -2.33. The van der Waals surface area contributed by atoms with Gasteiger partial charge in [0, 0.05) is 24.7 Å². The summed E-state index contributed by atoms with van der Waals surface area (Å²) in [4.78, 5) is 18.9. The van der Waals surface area contributed by atoms with Crippen LogP contribution in [0.1, 0.15) is 34.6 Å². The van der Waals surface area contributed by atoms with E-state index < -0.39 is 11.4 Å². The van der Waals surface area contributed by atoms with Gasteiger partial charge in [-0.25, -0.2) is 14.5 Å². The molecule has 0 fully saturated rings. The Morgan fingerprint density at radius 2 is 1.97 bits per heavy atom. The number of aromatic nitrogens is 5. The average Bonchev–Trinajstić information content (AvgIpc) is 3.15. The van der Waals surface area contributed by atoms with E-state index >= 15 is 0 Å². The Morgan fingerprint density at radius 3 is 2.65 bits per heavy atom. The van der Waals surface area contributed by atoms with Gasteiger partial charge in [0.25, 0.3) is 5.56 Å². The van der Waals surface area contributed by atoms with Gasteiger partial charge < -0.3 is 10.2 Å². The molecule has 3 heterocycles. The molecule has 1 aliphatic rings. The van der Waals surface area contributed by atoms with Gasteiger partial charge in [0.05, 0.1) is 23.0 Å². The third-order valence-corrected chi connectivity index (χ3v) is 5.68. The highest BCUT2D eigenvalue weighted by atomic mass is 19.1. The predicted octanol–water partition coefficient (Wildman–Crippen LogP) is 2.55. The lowest BCUT2D eigenvalue weighted by molar-refractivity contribution is 0.402. The van der Waals surface area contributed by atoms with E-state index in [1.54, 1.807) is 4.68 Å². The fourth-order valence-corrected chi connectivity index (χ4v) is 4.37. The second kappa shape index (κ2) is 7.28. The topological polar surface area (TPSA) is 91.7 Å². The number of aryl methyl sites for hydroxylation is 1. The molecule has 8 nitrogen and oxygen atoms in total. The molecule has 31 heavy (non-hydrogen) atoms. The molecule has 158 valence electrons. The minimum atomic E-state index is -0.477. The molecule has 2 aromatic heterocycles. The number of halogens is 1. The van der Waals surface area contributed by atoms with E-state index in [1.165, 1.54) is 24.0 Å². The minimum Gasteiger partial charge on any atom is -0.376 e. The monoisotopic (exact) mass is 419 g/mol. The van der Waals surface area contributed by atoms with Crippen molar-refractivity contribution in [2.45, 2.75) is 18.5 Å². The van der Waals surface area contributed by atoms with E-state index in [2.05, 4.69) is 54.8 Å². The normalized spacial score (nSPS) is 17.8. The van der Waals surface area contributed by atoms with Gasteiger partial charge in [-0.05, 0) is 37.4 Å². The summed E-state index contributed by atoms with van der Waals surface area (Å²) in [6, 6.07) is 10.7. The summed E-state index contributed by atoms with van der Waals surface area (Å²) in [6.45, 7) is 0.835. The zero-order valence-electron chi connectivity index (χ0n) is 17.4. The summed E-state index contributed by atoms with van der Waals surface area (Å²) in [5.41, 5.74) is 2.96. The summed E-state index contributed by atoms with van der Waals surface area (Å²) in [5, 5.41) is 15.5. The molecule has 4 aromatic rings. The molecular weight excluding hydrogens is 397 g/mol. The Labute approximate surface area is 177 Å². The van der Waals surface area contributed by atoms with Crippen LogP contribution in [0.2, 0.25) is 0 Å². The first-order valence-electron chi connectivity index (χ1n) is 9.98. The maximum absolute atomic E-state index is 14.3. The fourth-order valence-electron chi connectivity index (χ4n) is 4.37. The zero-order valence-corrected chi connectivity index (χ0v) is 17.4. The first-order valence-corrected chi connectivity index (χ1v) is 9.98. The van der Waals surface area contributed by atoms with Crippen LogP contribution in [0.4, 0.5) is 10.1 Å². The number of rotatable bonds is 4. The molecule has 2 unspecified atom stereocenters. The van der Waals surface area contributed by atoms with Crippen LogP contribution in [0.5, 0.6) is 0 Å². The maximum atomic E-state index is 14.3. The van der Waals surface area contributed by atoms with Crippen LogP contribution in [0.3, 0.4) is 0 Å². The van der Waals surface area contributed by atoms with E-state index in [4.69, 9.17) is 0 Å². The van der Waals surface area contributed by atoms with E-state index in [1.807, 2.05) is 21.1 Å². The second-order valence-electron chi connectivity index (χ2n) is 8.13. The van der Waals surface area contributed by atoms with Crippen LogP contribution >= 0.6 is 0 Å². The van der Waals surface area contributed by atoms with Gasteiger partial charge in [0.2, 0.25) is 0 Å². The number of hydrogen-bond donors (Lipinski definition) is 2. The third kappa shape index (κ3) is 3.27. The number of anilines is 1. The quantitative estimate of drug-likeness (QED) is 0.528. The van der Waals surface area contributed by atoms with Gasteiger partial charge >= 0.3 is 0 Å². The van der Waals surface area contributed by atoms with E-state index in [0.717, 1.165) is 12.1 Å². The van der Waals surface area contributed by atoms with Crippen molar-refractivity contribution in [3.8, 4) is 0 Å². The largest absolute Gasteiger partial charge is 0.376 e. The molecule has 0 saturated heterocycles. The molecule has 0 radical (unpaired) electrons. The van der Waals surface area contributed by atoms with Crippen LogP contribution in [0.15, 0.2) is 47.5 Å². The van der Waals surface area contributed by atoms with Gasteiger partial charge in [-0.15, -0.1) is 0 Å². The van der Waals surface area contributed by atoms with Gasteiger partial charge in [-0.1, -0.05) is 24.3 Å². The van der Waals surface area contributed by atoms with Crippen LogP contribution in [-0.4, -0.2) is 44.0 Å². The van der Waals surface area contributed by atoms with E-state index in [9.17, 15) is 9.18 Å². The van der Waals surface area contributed by atoms with Crippen LogP contribution in [0.25, 0.3) is 10.8 Å². The lowest BCUT2D eigenvalue weighted by atomic mass is 9.83. The molecule has 2 aromatic carbocycles. The molecule has 5 rings (SSSR count). The fraction of sp³-hybridized carbons (Fsp3) is 0.273. The summed E-state index contributed by atoms with van der Waals surface area (Å²) < 4.78 is 16.0. The third-order valence-electron chi connectivity index (χ3n) is 5.68. The highest BCUT2D eigenvalue weighted by molar-refractivity contribution is 5.97. The number of nitrogens with one attached hydrogen (secondary N) is 2. The van der Waals surface area contributed by atoms with Crippen molar-refractivity contribution in [2.75, 3.05) is 19.4 Å². The van der Waals surface area contributed by atoms with Crippen molar-refractivity contribution in [1.29, 1.82) is 0 Å². The average molecular weight is 419 g/mol. The smallest absolute Gasteiger partial charge is 0.272 e. The molecule has 0 aliphatic carbocycles. The summed E-state index contributed by atoms with van der Waals surface area (Å²) in [5.74, 6) is -0.106. The molecular formula is C22H22FN7O. The van der Waals surface area contributed by atoms with E-state index in [-0.39, 0.29) is 17.3 Å². The van der Waals surface area contributed by atoms with Gasteiger partial charge in [-0.2, -0.15) is 10.2 Å². The SMILES string of the molecule is CN(C)Cc1ccc(C2Nc3cc(F)cc4c(=O)[nH]nc(c34)C2c2ncnn2C)cc1. The van der Waals surface area contributed by atoms with Crippen LogP contribution < -0.4 is 10.9 Å². The maximum Gasteiger partial charge on any atom is 0.272 e. The zero-order chi connectivity index (χ0) is 21.7. The first kappa shape index (κ1) is 19.4. The Kier molecular flexibility index (Phi) is 4.55. The molecule has 0 spiro atoms. The standard InChI is InChI=1S/C22H22FN7O/c1-29(2)10-12-4-6-13(7-5-12)19-18(21-24-11-25-30(21)3)20-17-15(22(31)28-27-20)8-14(23)9-16(17)26-19/h4-9,11,18-19,26H,10H2,1-3H3,(H,28,31). The van der Waals surface area contributed by atoms with Crippen molar-refractivity contribution < 1.29 is 4.39 Å². The number of H-pyrrole nitrogens is 1. The molecule has 0 bridgehead atoms. The second-order valence-corrected chi connectivity index (χ2v) is 8.13. The molecule has 2 N–H and O–H groups in total. The Morgan fingerprint density at radius 1 is 1.19 bits per heavy atom. The molecule has 2 atom stereocenters. The summed E-state index contributed by atoms with van der Waals surface area (Å²) >= 11 is 0. The minimum absolute atomic E-state index is 0.263. The number of hydrogen-bond acceptors (Lipinski definition) is 6. The highest BCUT2D eigenvalue weighted by Gasteiger charge is 2.37. The Hall–Kier alpha value is -3.59. The number of benzene rings is 2. The van der Waals surface area contributed by atoms with Crippen molar-refractivity contribution in [3.05, 3.63) is 81.5 Å². The Bertz CT molecular complexity index is 1330. The summed E-state index contributed by atoms with van der Waals surface area (Å²) in [7, 11) is 5.88. The molecule has 0 amide bonds. The Balaban J connectivity index is 1.71. The molecule has 1 aliphatic heterocycles. The predicted molar refractivity (Wildman–Crippen MR) is 115 cm³/mol. The summed E-state index contributed by atoms with van der Waals surface area (Å²) in [6.07, 6.45) is 1.50. The van der Waals surface area contributed by atoms with Gasteiger partial charge in [-0.3, -0.25) is 9.48 Å². The molecule has 9 heteroatoms. The van der Waals surface area contributed by atoms with Gasteiger partial charge in [0.15, 0.2) is 0 Å². The number of nitrogens with zero attached hydrogens (tertiary/aromatic N) is 5. The van der Waals surface area contributed by atoms with E-state index in [0.29, 0.717) is 22.6 Å². The van der Waals surface area contributed by atoms with Crippen LogP contribution in [0, 0.1) is 5.82 Å². The first-order chi connectivity index (χ1) is 14.9. The highest BCUT2D eigenvalue weighted by Crippen LogP contribution is 2.45. The number of aromatic amines is 1. The van der Waals surface area contributed by atoms with Crippen molar-refractivity contribution in [3.63, 3.8) is 0 Å².